The van der Waals surface area contributed by atoms with E-state index in [4.69, 9.17) is 0 Å². The first-order chi connectivity index (χ1) is 10.2. The summed E-state index contributed by atoms with van der Waals surface area (Å²) in [5.41, 5.74) is 0.624. The first-order valence-electron chi connectivity index (χ1n) is 8.91. The molecule has 0 aromatic carbocycles. The summed E-state index contributed by atoms with van der Waals surface area (Å²) in [5.74, 6) is 1.12. The Morgan fingerprint density at radius 3 is 2.45 bits per heavy atom. The zero-order chi connectivity index (χ0) is 15.1. The zero-order valence-electron chi connectivity index (χ0n) is 14.7. The number of likely N-dealkylation sites (tertiary alicyclic amines) is 1. The van der Waals surface area contributed by atoms with Gasteiger partial charge in [0.15, 0.2) is 5.96 Å². The third kappa shape index (κ3) is 5.25. The molecule has 1 aliphatic carbocycles. The fraction of sp³-hybridized carbons (Fsp3) is 0.941. The lowest BCUT2D eigenvalue weighted by atomic mass is 9.86. The molecular formula is C17H35IN4. The number of hydrogen-bond donors (Lipinski definition) is 1. The summed E-state index contributed by atoms with van der Waals surface area (Å²) in [6, 6.07) is 0. The van der Waals surface area contributed by atoms with Crippen molar-refractivity contribution in [2.24, 2.45) is 10.4 Å². The lowest BCUT2D eigenvalue weighted by Crippen LogP contribution is -2.42. The quantitative estimate of drug-likeness (QED) is 0.309. The van der Waals surface area contributed by atoms with Crippen LogP contribution < -0.4 is 5.32 Å². The number of hydrogen-bond acceptors (Lipinski definition) is 2. The van der Waals surface area contributed by atoms with Crippen molar-refractivity contribution in [1.29, 1.82) is 0 Å². The van der Waals surface area contributed by atoms with Crippen LogP contribution in [-0.2, 0) is 0 Å². The van der Waals surface area contributed by atoms with Crippen molar-refractivity contribution in [1.82, 2.24) is 15.1 Å². The van der Waals surface area contributed by atoms with Crippen molar-refractivity contribution in [3.63, 3.8) is 0 Å². The fourth-order valence-corrected chi connectivity index (χ4v) is 4.02. The first kappa shape index (κ1) is 20.0. The third-order valence-electron chi connectivity index (χ3n) is 5.44. The van der Waals surface area contributed by atoms with Crippen molar-refractivity contribution in [3.8, 4) is 0 Å². The minimum atomic E-state index is 0. The molecule has 2 fully saturated rings. The normalized spacial score (nSPS) is 20.7. The van der Waals surface area contributed by atoms with Crippen LogP contribution in [0.4, 0.5) is 0 Å². The lowest BCUT2D eigenvalue weighted by Gasteiger charge is -2.26. The maximum Gasteiger partial charge on any atom is 0.193 e. The molecule has 0 unspecified atom stereocenters. The molecule has 0 aromatic rings. The molecule has 0 radical (unpaired) electrons. The highest BCUT2D eigenvalue weighted by atomic mass is 127. The van der Waals surface area contributed by atoms with Crippen molar-refractivity contribution in [2.45, 2.75) is 52.4 Å². The molecular weight excluding hydrogens is 387 g/mol. The molecule has 1 spiro atoms. The number of nitrogens with one attached hydrogen (secondary N) is 1. The van der Waals surface area contributed by atoms with Crippen LogP contribution in [0.2, 0.25) is 0 Å². The predicted molar refractivity (Wildman–Crippen MR) is 106 cm³/mol. The third-order valence-corrected chi connectivity index (χ3v) is 5.44. The molecule has 0 amide bonds. The molecule has 1 N–H and O–H groups in total. The maximum absolute atomic E-state index is 4.50. The Morgan fingerprint density at radius 1 is 1.18 bits per heavy atom. The van der Waals surface area contributed by atoms with Crippen LogP contribution in [-0.4, -0.2) is 62.1 Å². The van der Waals surface area contributed by atoms with Crippen LogP contribution in [0.25, 0.3) is 0 Å². The number of rotatable bonds is 6. The average molecular weight is 422 g/mol. The summed E-state index contributed by atoms with van der Waals surface area (Å²) in [6.45, 7) is 11.4. The van der Waals surface area contributed by atoms with Gasteiger partial charge >= 0.3 is 0 Å². The number of guanidine groups is 1. The minimum Gasteiger partial charge on any atom is -0.356 e. The number of halogens is 1. The van der Waals surface area contributed by atoms with Gasteiger partial charge in [0, 0.05) is 26.7 Å². The monoisotopic (exact) mass is 422 g/mol. The van der Waals surface area contributed by atoms with Crippen LogP contribution in [0.1, 0.15) is 52.4 Å². The van der Waals surface area contributed by atoms with Crippen LogP contribution in [0, 0.1) is 5.41 Å². The summed E-state index contributed by atoms with van der Waals surface area (Å²) in [7, 11) is 1.92. The van der Waals surface area contributed by atoms with E-state index in [0.29, 0.717) is 5.41 Å². The van der Waals surface area contributed by atoms with E-state index in [1.807, 2.05) is 7.05 Å². The van der Waals surface area contributed by atoms with Crippen LogP contribution in [0.15, 0.2) is 4.99 Å². The molecule has 0 bridgehead atoms. The molecule has 4 nitrogen and oxygen atoms in total. The largest absolute Gasteiger partial charge is 0.356 e. The SMILES string of the molecule is CCN(CC)CCCNC(=NC)N1CCC2(CCCC2)C1.I. The van der Waals surface area contributed by atoms with Gasteiger partial charge in [0.05, 0.1) is 0 Å². The highest BCUT2D eigenvalue weighted by molar-refractivity contribution is 14.0. The van der Waals surface area contributed by atoms with E-state index in [0.717, 1.165) is 25.6 Å². The Hall–Kier alpha value is -0.0400. The second-order valence-corrected chi connectivity index (χ2v) is 6.73. The highest BCUT2D eigenvalue weighted by Crippen LogP contribution is 2.45. The average Bonchev–Trinajstić information content (AvgIpc) is 3.14. The molecule has 0 atom stereocenters. The van der Waals surface area contributed by atoms with E-state index in [1.54, 1.807) is 0 Å². The van der Waals surface area contributed by atoms with Crippen molar-refractivity contribution in [2.75, 3.05) is 46.3 Å². The van der Waals surface area contributed by atoms with Gasteiger partial charge in [0.25, 0.3) is 0 Å². The Labute approximate surface area is 154 Å². The van der Waals surface area contributed by atoms with Crippen LogP contribution in [0.5, 0.6) is 0 Å². The van der Waals surface area contributed by atoms with E-state index in [2.05, 4.69) is 34.0 Å². The van der Waals surface area contributed by atoms with Crippen LogP contribution >= 0.6 is 24.0 Å². The summed E-state index contributed by atoms with van der Waals surface area (Å²) >= 11 is 0. The van der Waals surface area contributed by atoms with Gasteiger partial charge < -0.3 is 15.1 Å². The summed E-state index contributed by atoms with van der Waals surface area (Å²) in [6.07, 6.45) is 8.30. The van der Waals surface area contributed by atoms with E-state index < -0.39 is 0 Å². The zero-order valence-corrected chi connectivity index (χ0v) is 17.1. The molecule has 0 aromatic heterocycles. The van der Waals surface area contributed by atoms with E-state index in [-0.39, 0.29) is 24.0 Å². The molecule has 1 saturated carbocycles. The Kier molecular flexibility index (Phi) is 9.05. The Bertz CT molecular complexity index is 336. The first-order valence-corrected chi connectivity index (χ1v) is 8.91. The van der Waals surface area contributed by atoms with Crippen molar-refractivity contribution >= 4 is 29.9 Å². The standard InChI is InChI=1S/C17H34N4.HI/c1-4-20(5-2)13-8-12-19-16(18-3)21-14-11-17(15-21)9-6-7-10-17;/h4-15H2,1-3H3,(H,18,19);1H. The topological polar surface area (TPSA) is 30.9 Å². The number of nitrogens with zero attached hydrogens (tertiary/aromatic N) is 3. The maximum atomic E-state index is 4.50. The van der Waals surface area contributed by atoms with Gasteiger partial charge in [-0.25, -0.2) is 0 Å². The number of aliphatic imine (C=N–C) groups is 1. The molecule has 1 saturated heterocycles. The lowest BCUT2D eigenvalue weighted by molar-refractivity contribution is 0.297. The summed E-state index contributed by atoms with van der Waals surface area (Å²) in [5, 5.41) is 3.57. The smallest absolute Gasteiger partial charge is 0.193 e. The van der Waals surface area contributed by atoms with Gasteiger partial charge in [-0.15, -0.1) is 24.0 Å². The molecule has 5 heteroatoms. The van der Waals surface area contributed by atoms with E-state index in [1.165, 1.54) is 58.2 Å². The van der Waals surface area contributed by atoms with Crippen molar-refractivity contribution in [3.05, 3.63) is 0 Å². The second kappa shape index (κ2) is 9.96. The second-order valence-electron chi connectivity index (χ2n) is 6.73. The Morgan fingerprint density at radius 2 is 1.86 bits per heavy atom. The molecule has 2 aliphatic rings. The van der Waals surface area contributed by atoms with Gasteiger partial charge in [0.2, 0.25) is 0 Å². The molecule has 22 heavy (non-hydrogen) atoms. The minimum absolute atomic E-state index is 0. The molecule has 130 valence electrons. The summed E-state index contributed by atoms with van der Waals surface area (Å²) < 4.78 is 0. The Balaban J connectivity index is 0.00000242. The van der Waals surface area contributed by atoms with Gasteiger partial charge in [-0.1, -0.05) is 26.7 Å². The van der Waals surface area contributed by atoms with Gasteiger partial charge in [-0.2, -0.15) is 0 Å². The summed E-state index contributed by atoms with van der Waals surface area (Å²) in [4.78, 5) is 9.47. The highest BCUT2D eigenvalue weighted by Gasteiger charge is 2.40. The van der Waals surface area contributed by atoms with E-state index in [9.17, 15) is 0 Å². The van der Waals surface area contributed by atoms with Gasteiger partial charge in [0.1, 0.15) is 0 Å². The van der Waals surface area contributed by atoms with Crippen molar-refractivity contribution < 1.29 is 0 Å². The molecule has 2 rings (SSSR count). The van der Waals surface area contributed by atoms with Gasteiger partial charge in [-0.05, 0) is 50.7 Å². The van der Waals surface area contributed by atoms with Crippen LogP contribution in [0.3, 0.4) is 0 Å². The van der Waals surface area contributed by atoms with E-state index >= 15 is 0 Å². The predicted octanol–water partition coefficient (Wildman–Crippen LogP) is 3.18. The molecule has 1 aliphatic heterocycles. The fourth-order valence-electron chi connectivity index (χ4n) is 4.02. The van der Waals surface area contributed by atoms with Gasteiger partial charge in [-0.3, -0.25) is 4.99 Å². The molecule has 1 heterocycles.